The minimum absolute atomic E-state index is 0.0843. The van der Waals surface area contributed by atoms with Gasteiger partial charge in [0.1, 0.15) is 17.1 Å². The fourth-order valence-electron chi connectivity index (χ4n) is 3.06. The van der Waals surface area contributed by atoms with Crippen molar-refractivity contribution in [1.29, 1.82) is 0 Å². The first kappa shape index (κ1) is 24.1. The van der Waals surface area contributed by atoms with Crippen LogP contribution in [-0.2, 0) is 21.9 Å². The Hall–Kier alpha value is -3.53. The van der Waals surface area contributed by atoms with Crippen molar-refractivity contribution in [2.75, 3.05) is 37.5 Å². The van der Waals surface area contributed by atoms with Crippen molar-refractivity contribution in [3.05, 3.63) is 59.4 Å². The molecule has 0 saturated carbocycles. The fraction of sp³-hybridized carbons (Fsp3) is 0.348. The zero-order valence-electron chi connectivity index (χ0n) is 18.7. The normalized spacial score (nSPS) is 11.3. The van der Waals surface area contributed by atoms with Gasteiger partial charge in [-0.15, -0.1) is 0 Å². The number of hydrogen-bond acceptors (Lipinski definition) is 8. The van der Waals surface area contributed by atoms with Crippen LogP contribution in [0.1, 0.15) is 35.3 Å². The number of anilines is 2. The number of nitrogens with zero attached hydrogens (tertiary/aromatic N) is 2. The lowest BCUT2D eigenvalue weighted by molar-refractivity contribution is 0.0174. The van der Waals surface area contributed by atoms with E-state index < -0.39 is 11.9 Å². The molecule has 33 heavy (non-hydrogen) atoms. The van der Waals surface area contributed by atoms with Crippen LogP contribution in [0.15, 0.2) is 47.1 Å². The van der Waals surface area contributed by atoms with Gasteiger partial charge in [-0.25, -0.2) is 18.6 Å². The van der Waals surface area contributed by atoms with E-state index in [4.69, 9.17) is 13.9 Å². The van der Waals surface area contributed by atoms with Crippen molar-refractivity contribution in [2.24, 2.45) is 0 Å². The van der Waals surface area contributed by atoms with Gasteiger partial charge in [-0.1, -0.05) is 18.2 Å². The third-order valence-corrected chi connectivity index (χ3v) is 4.63. The number of nitrogens with one attached hydrogen (secondary N) is 2. The smallest absolute Gasteiger partial charge is 0.344 e. The van der Waals surface area contributed by atoms with Crippen LogP contribution in [0.2, 0.25) is 0 Å². The third kappa shape index (κ3) is 6.26. The average Bonchev–Trinajstić information content (AvgIpc) is 3.32. The predicted octanol–water partition coefficient (Wildman–Crippen LogP) is 4.70. The van der Waals surface area contributed by atoms with Crippen molar-refractivity contribution < 1.29 is 27.5 Å². The van der Waals surface area contributed by atoms with E-state index in [1.807, 2.05) is 0 Å². The molecule has 0 amide bonds. The Bertz CT molecular complexity index is 1070. The molecule has 176 valence electrons. The van der Waals surface area contributed by atoms with E-state index in [0.29, 0.717) is 24.5 Å². The summed E-state index contributed by atoms with van der Waals surface area (Å²) in [6, 6.07) is 9.38. The molecule has 0 aliphatic rings. The largest absolute Gasteiger partial charge is 0.463 e. The van der Waals surface area contributed by atoms with Crippen LogP contribution in [0.3, 0.4) is 0 Å². The van der Waals surface area contributed by atoms with Crippen molar-refractivity contribution in [2.45, 2.75) is 26.3 Å². The fourth-order valence-corrected chi connectivity index (χ4v) is 3.06. The summed E-state index contributed by atoms with van der Waals surface area (Å²) >= 11 is 0. The number of alkyl halides is 2. The number of carbonyl (C=O) groups excluding carboxylic acids is 1. The van der Waals surface area contributed by atoms with E-state index in [9.17, 15) is 13.6 Å². The van der Waals surface area contributed by atoms with Gasteiger partial charge in [0.25, 0.3) is 5.92 Å². The lowest BCUT2D eigenvalue weighted by Gasteiger charge is -2.16. The predicted molar refractivity (Wildman–Crippen MR) is 119 cm³/mol. The molecule has 2 heterocycles. The maximum absolute atomic E-state index is 13.7. The number of furan rings is 1. The lowest BCUT2D eigenvalue weighted by atomic mass is 10.1. The second kappa shape index (κ2) is 10.9. The van der Waals surface area contributed by atoms with Crippen molar-refractivity contribution in [3.8, 4) is 11.5 Å². The molecule has 0 saturated heterocycles. The number of benzene rings is 1. The van der Waals surface area contributed by atoms with E-state index >= 15 is 0 Å². The van der Waals surface area contributed by atoms with Gasteiger partial charge in [-0.3, -0.25) is 0 Å². The molecule has 0 aliphatic heterocycles. The highest BCUT2D eigenvalue weighted by molar-refractivity contribution is 6.00. The van der Waals surface area contributed by atoms with E-state index in [0.717, 1.165) is 6.92 Å². The number of hydrogen-bond donors (Lipinski definition) is 2. The summed E-state index contributed by atoms with van der Waals surface area (Å²) in [5, 5.41) is 6.10. The van der Waals surface area contributed by atoms with Crippen LogP contribution >= 0.6 is 0 Å². The monoisotopic (exact) mass is 460 g/mol. The third-order valence-electron chi connectivity index (χ3n) is 4.63. The van der Waals surface area contributed by atoms with E-state index in [-0.39, 0.29) is 41.7 Å². The Labute approximate surface area is 190 Å². The van der Waals surface area contributed by atoms with Crippen molar-refractivity contribution in [1.82, 2.24) is 9.97 Å². The lowest BCUT2D eigenvalue weighted by Crippen LogP contribution is -2.17. The Balaban J connectivity index is 2.01. The zero-order chi connectivity index (χ0) is 23.8. The van der Waals surface area contributed by atoms with Crippen LogP contribution in [0.4, 0.5) is 20.5 Å². The van der Waals surface area contributed by atoms with Crippen LogP contribution in [0.5, 0.6) is 0 Å². The molecule has 0 radical (unpaired) electrons. The number of aromatic nitrogens is 2. The van der Waals surface area contributed by atoms with Gasteiger partial charge in [-0.2, -0.15) is 4.98 Å². The number of rotatable bonds is 11. The van der Waals surface area contributed by atoms with Crippen molar-refractivity contribution in [3.63, 3.8) is 0 Å². The van der Waals surface area contributed by atoms with Gasteiger partial charge in [0.2, 0.25) is 5.95 Å². The molecule has 0 spiro atoms. The molecule has 8 nitrogen and oxygen atoms in total. The molecule has 0 atom stereocenters. The number of halogens is 2. The standard InChI is InChI=1S/C23H26F2N4O4/c1-4-32-21(30)18-19(17-9-6-11-33-17)28-22(26-10-12-31-3)29-20(18)27-14-15-7-5-8-16(13-15)23(2,24)25/h5-9,11,13H,4,10,12,14H2,1-3H3,(H2,26,27,28,29). The number of carbonyl (C=O) groups is 1. The topological polar surface area (TPSA) is 98.5 Å². The Kier molecular flexibility index (Phi) is 7.94. The van der Waals surface area contributed by atoms with Gasteiger partial charge in [0, 0.05) is 32.7 Å². The highest BCUT2D eigenvalue weighted by atomic mass is 19.3. The molecule has 2 N–H and O–H groups in total. The first-order valence-electron chi connectivity index (χ1n) is 10.4. The minimum Gasteiger partial charge on any atom is -0.463 e. The SMILES string of the molecule is CCOC(=O)c1c(NCc2cccc(C(C)(F)F)c2)nc(NCCOC)nc1-c1ccco1. The number of methoxy groups -OCH3 is 1. The first-order valence-corrected chi connectivity index (χ1v) is 10.4. The summed E-state index contributed by atoms with van der Waals surface area (Å²) in [6.45, 7) is 3.67. The molecule has 3 aromatic rings. The Morgan fingerprint density at radius 1 is 1.18 bits per heavy atom. The zero-order valence-corrected chi connectivity index (χ0v) is 18.7. The molecule has 0 bridgehead atoms. The second-order valence-corrected chi connectivity index (χ2v) is 7.18. The first-order chi connectivity index (χ1) is 15.8. The van der Waals surface area contributed by atoms with Gasteiger partial charge < -0.3 is 24.5 Å². The molecule has 0 fully saturated rings. The molecule has 2 aromatic heterocycles. The van der Waals surface area contributed by atoms with E-state index in [1.165, 1.54) is 18.4 Å². The summed E-state index contributed by atoms with van der Waals surface area (Å²) in [5.74, 6) is -2.83. The van der Waals surface area contributed by atoms with Gasteiger partial charge >= 0.3 is 5.97 Å². The minimum atomic E-state index is -2.97. The van der Waals surface area contributed by atoms with Crippen LogP contribution in [0.25, 0.3) is 11.5 Å². The molecular weight excluding hydrogens is 434 g/mol. The highest BCUT2D eigenvalue weighted by Crippen LogP contribution is 2.30. The summed E-state index contributed by atoms with van der Waals surface area (Å²) in [7, 11) is 1.57. The van der Waals surface area contributed by atoms with Gasteiger partial charge in [0.15, 0.2) is 5.76 Å². The number of ether oxygens (including phenoxy) is 2. The Morgan fingerprint density at radius 3 is 2.67 bits per heavy atom. The molecule has 0 aliphatic carbocycles. The van der Waals surface area contributed by atoms with Gasteiger partial charge in [0.05, 0.1) is 19.5 Å². The highest BCUT2D eigenvalue weighted by Gasteiger charge is 2.26. The maximum atomic E-state index is 13.7. The van der Waals surface area contributed by atoms with Crippen molar-refractivity contribution >= 4 is 17.7 Å². The number of esters is 1. The van der Waals surface area contributed by atoms with E-state index in [2.05, 4.69) is 20.6 Å². The molecule has 3 rings (SSSR count). The molecule has 10 heteroatoms. The summed E-state index contributed by atoms with van der Waals surface area (Å²) < 4.78 is 43.2. The molecule has 0 unspecified atom stereocenters. The Morgan fingerprint density at radius 2 is 2.00 bits per heavy atom. The molecular formula is C23H26F2N4O4. The quantitative estimate of drug-likeness (QED) is 0.314. The maximum Gasteiger partial charge on any atom is 0.344 e. The van der Waals surface area contributed by atoms with Gasteiger partial charge in [-0.05, 0) is 30.7 Å². The summed E-state index contributed by atoms with van der Waals surface area (Å²) in [4.78, 5) is 21.7. The second-order valence-electron chi connectivity index (χ2n) is 7.18. The van der Waals surface area contributed by atoms with Crippen LogP contribution in [0, 0.1) is 0 Å². The van der Waals surface area contributed by atoms with Crippen LogP contribution in [-0.4, -0.2) is 42.8 Å². The summed E-state index contributed by atoms with van der Waals surface area (Å²) in [6.07, 6.45) is 1.47. The van der Waals surface area contributed by atoms with Crippen LogP contribution < -0.4 is 10.6 Å². The summed E-state index contributed by atoms with van der Waals surface area (Å²) in [5.41, 5.74) is 0.815. The van der Waals surface area contributed by atoms with E-state index in [1.54, 1.807) is 38.3 Å². The average molecular weight is 460 g/mol. The molecule has 1 aromatic carbocycles.